The molecule has 1 aliphatic rings. The Morgan fingerprint density at radius 1 is 1.53 bits per heavy atom. The minimum Gasteiger partial charge on any atom is -0.330 e. The summed E-state index contributed by atoms with van der Waals surface area (Å²) in [6.07, 6.45) is -3.60. The quantitative estimate of drug-likeness (QED) is 0.772. The standard InChI is InChI=1S/C9H14F3N3/c10-9(11,12)8(4-14)6-15-2-1-7(3-13)5-15/h7-8H,1-3,5-6,13H2. The summed E-state index contributed by atoms with van der Waals surface area (Å²) >= 11 is 0. The Bertz CT molecular complexity index is 246. The van der Waals surface area contributed by atoms with Gasteiger partial charge in [-0.25, -0.2) is 0 Å². The fourth-order valence-electron chi connectivity index (χ4n) is 1.75. The van der Waals surface area contributed by atoms with E-state index in [2.05, 4.69) is 0 Å². The summed E-state index contributed by atoms with van der Waals surface area (Å²) in [6, 6.07) is 1.30. The summed E-state index contributed by atoms with van der Waals surface area (Å²) in [7, 11) is 0. The normalized spacial score (nSPS) is 25.1. The van der Waals surface area contributed by atoms with Crippen molar-refractivity contribution in [2.45, 2.75) is 12.6 Å². The second kappa shape index (κ2) is 4.81. The van der Waals surface area contributed by atoms with Crippen LogP contribution in [0.4, 0.5) is 13.2 Å². The van der Waals surface area contributed by atoms with Crippen LogP contribution in [0.5, 0.6) is 0 Å². The van der Waals surface area contributed by atoms with Crippen LogP contribution in [0.25, 0.3) is 0 Å². The number of nitrogens with zero attached hydrogens (tertiary/aromatic N) is 2. The second-order valence-corrected chi connectivity index (χ2v) is 3.87. The Morgan fingerprint density at radius 2 is 2.20 bits per heavy atom. The predicted molar refractivity (Wildman–Crippen MR) is 48.8 cm³/mol. The Hall–Kier alpha value is -0.800. The Balaban J connectivity index is 2.45. The third kappa shape index (κ3) is 3.36. The highest BCUT2D eigenvalue weighted by Crippen LogP contribution is 2.28. The van der Waals surface area contributed by atoms with E-state index in [0.717, 1.165) is 6.42 Å². The van der Waals surface area contributed by atoms with E-state index >= 15 is 0 Å². The van der Waals surface area contributed by atoms with Gasteiger partial charge in [0.25, 0.3) is 0 Å². The lowest BCUT2D eigenvalue weighted by atomic mass is 10.1. The lowest BCUT2D eigenvalue weighted by molar-refractivity contribution is -0.162. The highest BCUT2D eigenvalue weighted by atomic mass is 19.4. The van der Waals surface area contributed by atoms with Gasteiger partial charge in [0.2, 0.25) is 0 Å². The molecule has 2 unspecified atom stereocenters. The molecule has 0 aromatic heterocycles. The van der Waals surface area contributed by atoms with Crippen LogP contribution in [0, 0.1) is 23.2 Å². The molecule has 0 aromatic carbocycles. The maximum absolute atomic E-state index is 12.3. The molecule has 0 amide bonds. The monoisotopic (exact) mass is 221 g/mol. The van der Waals surface area contributed by atoms with Crippen molar-refractivity contribution in [1.82, 2.24) is 4.90 Å². The lowest BCUT2D eigenvalue weighted by Crippen LogP contribution is -2.35. The van der Waals surface area contributed by atoms with Crippen molar-refractivity contribution in [3.63, 3.8) is 0 Å². The molecule has 0 spiro atoms. The maximum atomic E-state index is 12.3. The van der Waals surface area contributed by atoms with Gasteiger partial charge in [0, 0.05) is 13.1 Å². The van der Waals surface area contributed by atoms with E-state index in [-0.39, 0.29) is 12.5 Å². The van der Waals surface area contributed by atoms with Gasteiger partial charge in [-0.15, -0.1) is 0 Å². The first-order valence-corrected chi connectivity index (χ1v) is 4.86. The first-order valence-electron chi connectivity index (χ1n) is 4.86. The van der Waals surface area contributed by atoms with Gasteiger partial charge < -0.3 is 10.6 Å². The van der Waals surface area contributed by atoms with E-state index in [1.807, 2.05) is 0 Å². The average Bonchev–Trinajstić information content (AvgIpc) is 2.59. The third-order valence-electron chi connectivity index (χ3n) is 2.70. The van der Waals surface area contributed by atoms with Crippen LogP contribution in [0.1, 0.15) is 6.42 Å². The molecule has 1 fully saturated rings. The number of hydrogen-bond acceptors (Lipinski definition) is 3. The highest BCUT2D eigenvalue weighted by Gasteiger charge is 2.41. The highest BCUT2D eigenvalue weighted by molar-refractivity contribution is 4.92. The molecule has 1 saturated heterocycles. The van der Waals surface area contributed by atoms with Crippen LogP contribution < -0.4 is 5.73 Å². The van der Waals surface area contributed by atoms with E-state index < -0.39 is 12.1 Å². The van der Waals surface area contributed by atoms with Crippen molar-refractivity contribution < 1.29 is 13.2 Å². The molecule has 15 heavy (non-hydrogen) atoms. The van der Waals surface area contributed by atoms with E-state index in [1.165, 1.54) is 6.07 Å². The summed E-state index contributed by atoms with van der Waals surface area (Å²) in [6.45, 7) is 1.46. The van der Waals surface area contributed by atoms with Crippen LogP contribution in [0.15, 0.2) is 0 Å². The van der Waals surface area contributed by atoms with E-state index in [9.17, 15) is 13.2 Å². The van der Waals surface area contributed by atoms with Gasteiger partial charge in [0.15, 0.2) is 5.92 Å². The van der Waals surface area contributed by atoms with Crippen LogP contribution in [0.2, 0.25) is 0 Å². The zero-order valence-electron chi connectivity index (χ0n) is 8.30. The van der Waals surface area contributed by atoms with Crippen LogP contribution in [-0.2, 0) is 0 Å². The topological polar surface area (TPSA) is 53.0 Å². The van der Waals surface area contributed by atoms with E-state index in [4.69, 9.17) is 11.0 Å². The molecule has 0 radical (unpaired) electrons. The van der Waals surface area contributed by atoms with Gasteiger partial charge in [0.05, 0.1) is 6.07 Å². The molecule has 1 rings (SSSR count). The zero-order valence-corrected chi connectivity index (χ0v) is 8.30. The minimum absolute atomic E-state index is 0.226. The molecule has 0 bridgehead atoms. The first kappa shape index (κ1) is 12.3. The fourth-order valence-corrected chi connectivity index (χ4v) is 1.75. The number of alkyl halides is 3. The summed E-state index contributed by atoms with van der Waals surface area (Å²) < 4.78 is 36.8. The van der Waals surface area contributed by atoms with Crippen molar-refractivity contribution in [3.05, 3.63) is 0 Å². The molecule has 6 heteroatoms. The molecule has 1 heterocycles. The number of hydrogen-bond donors (Lipinski definition) is 1. The summed E-state index contributed by atoms with van der Waals surface area (Å²) in [5.74, 6) is -1.60. The van der Waals surface area contributed by atoms with Gasteiger partial charge in [-0.2, -0.15) is 18.4 Å². The SMILES string of the molecule is N#CC(CN1CCC(CN)C1)C(F)(F)F. The number of halogens is 3. The number of likely N-dealkylation sites (tertiary alicyclic amines) is 1. The molecule has 0 aliphatic carbocycles. The van der Waals surface area contributed by atoms with Crippen molar-refractivity contribution in [2.24, 2.45) is 17.6 Å². The van der Waals surface area contributed by atoms with Gasteiger partial charge in [-0.1, -0.05) is 0 Å². The average molecular weight is 221 g/mol. The van der Waals surface area contributed by atoms with Crippen molar-refractivity contribution >= 4 is 0 Å². The summed E-state index contributed by atoms with van der Waals surface area (Å²) in [4.78, 5) is 1.67. The molecule has 3 nitrogen and oxygen atoms in total. The zero-order chi connectivity index (χ0) is 11.5. The number of nitriles is 1. The first-order chi connectivity index (χ1) is 6.97. The lowest BCUT2D eigenvalue weighted by Gasteiger charge is -2.20. The predicted octanol–water partition coefficient (Wildman–Crippen LogP) is 0.969. The van der Waals surface area contributed by atoms with E-state index in [0.29, 0.717) is 19.6 Å². The smallest absolute Gasteiger partial charge is 0.330 e. The largest absolute Gasteiger partial charge is 0.405 e. The van der Waals surface area contributed by atoms with Crippen LogP contribution in [-0.4, -0.2) is 37.3 Å². The second-order valence-electron chi connectivity index (χ2n) is 3.87. The van der Waals surface area contributed by atoms with Gasteiger partial charge in [0.1, 0.15) is 0 Å². The van der Waals surface area contributed by atoms with Crippen molar-refractivity contribution in [1.29, 1.82) is 5.26 Å². The molecule has 0 aromatic rings. The summed E-state index contributed by atoms with van der Waals surface area (Å²) in [5.41, 5.74) is 5.43. The molecule has 2 atom stereocenters. The third-order valence-corrected chi connectivity index (χ3v) is 2.70. The minimum atomic E-state index is -4.42. The molecule has 86 valence electrons. The van der Waals surface area contributed by atoms with Crippen molar-refractivity contribution in [3.8, 4) is 6.07 Å². The maximum Gasteiger partial charge on any atom is 0.405 e. The van der Waals surface area contributed by atoms with Crippen LogP contribution in [0.3, 0.4) is 0 Å². The molecular formula is C9H14F3N3. The molecular weight excluding hydrogens is 207 g/mol. The molecule has 1 aliphatic heterocycles. The van der Waals surface area contributed by atoms with Crippen molar-refractivity contribution in [2.75, 3.05) is 26.2 Å². The number of nitrogens with two attached hydrogens (primary N) is 1. The fraction of sp³-hybridized carbons (Fsp3) is 0.889. The van der Waals surface area contributed by atoms with Crippen LogP contribution >= 0.6 is 0 Å². The number of rotatable bonds is 3. The van der Waals surface area contributed by atoms with E-state index in [1.54, 1.807) is 4.90 Å². The van der Waals surface area contributed by atoms with Gasteiger partial charge in [-0.05, 0) is 25.4 Å². The van der Waals surface area contributed by atoms with Gasteiger partial charge in [-0.3, -0.25) is 0 Å². The molecule has 2 N–H and O–H groups in total. The Morgan fingerprint density at radius 3 is 2.60 bits per heavy atom. The molecule has 0 saturated carbocycles. The summed E-state index contributed by atoms with van der Waals surface area (Å²) in [5, 5.41) is 8.42. The Kier molecular flexibility index (Phi) is 3.94. The Labute approximate surface area is 86.6 Å². The van der Waals surface area contributed by atoms with Gasteiger partial charge >= 0.3 is 6.18 Å².